The van der Waals surface area contributed by atoms with Gasteiger partial charge in [-0.2, -0.15) is 5.26 Å². The average molecular weight is 339 g/mol. The van der Waals surface area contributed by atoms with E-state index in [9.17, 15) is 14.0 Å². The molecule has 2 rings (SSSR count). The molecule has 0 unspecified atom stereocenters. The molecule has 0 aliphatic carbocycles. The third-order valence-corrected chi connectivity index (χ3v) is 3.73. The van der Waals surface area contributed by atoms with Crippen molar-refractivity contribution in [2.45, 2.75) is 20.4 Å². The number of anilines is 1. The number of halogens is 1. The second-order valence-electron chi connectivity index (χ2n) is 5.50. The van der Waals surface area contributed by atoms with E-state index in [1.807, 2.05) is 6.07 Å². The molecule has 5 nitrogen and oxygen atoms in total. The summed E-state index contributed by atoms with van der Waals surface area (Å²) in [6.07, 6.45) is 0. The summed E-state index contributed by atoms with van der Waals surface area (Å²) in [7, 11) is 0. The van der Waals surface area contributed by atoms with Gasteiger partial charge in [-0.3, -0.25) is 4.79 Å². The summed E-state index contributed by atoms with van der Waals surface area (Å²) < 4.78 is 14.0. The molecule has 0 atom stereocenters. The Morgan fingerprint density at radius 2 is 2.00 bits per heavy atom. The highest BCUT2D eigenvalue weighted by molar-refractivity contribution is 5.96. The van der Waals surface area contributed by atoms with Crippen LogP contribution in [0.25, 0.3) is 0 Å². The van der Waals surface area contributed by atoms with Gasteiger partial charge in [0.05, 0.1) is 18.2 Å². The Labute approximate surface area is 145 Å². The molecular weight excluding hydrogens is 321 g/mol. The minimum Gasteiger partial charge on any atom is -0.320 e. The van der Waals surface area contributed by atoms with Crippen LogP contribution in [0.2, 0.25) is 0 Å². The van der Waals surface area contributed by atoms with Crippen LogP contribution in [0.3, 0.4) is 0 Å². The molecule has 0 spiro atoms. The normalized spacial score (nSPS) is 10.0. The van der Waals surface area contributed by atoms with Crippen LogP contribution in [0.5, 0.6) is 0 Å². The zero-order valence-corrected chi connectivity index (χ0v) is 14.0. The largest absolute Gasteiger partial charge is 0.322 e. The molecule has 6 heteroatoms. The van der Waals surface area contributed by atoms with Gasteiger partial charge in [-0.25, -0.2) is 9.18 Å². The van der Waals surface area contributed by atoms with Gasteiger partial charge in [0.25, 0.3) is 0 Å². The fourth-order valence-corrected chi connectivity index (χ4v) is 2.30. The maximum absolute atomic E-state index is 14.0. The van der Waals surface area contributed by atoms with Crippen LogP contribution in [-0.4, -0.2) is 23.3 Å². The van der Waals surface area contributed by atoms with Crippen molar-refractivity contribution in [3.63, 3.8) is 0 Å². The van der Waals surface area contributed by atoms with E-state index in [2.05, 4.69) is 5.32 Å². The number of Topliss-reactive ketones (excluding diaryl/α,β-unsaturated/α-hetero) is 1. The number of rotatable bonds is 5. The van der Waals surface area contributed by atoms with Gasteiger partial charge >= 0.3 is 6.03 Å². The maximum Gasteiger partial charge on any atom is 0.322 e. The second kappa shape index (κ2) is 8.06. The van der Waals surface area contributed by atoms with Crippen LogP contribution in [-0.2, 0) is 6.54 Å². The lowest BCUT2D eigenvalue weighted by atomic mass is 10.1. The predicted octanol–water partition coefficient (Wildman–Crippen LogP) is 3.95. The number of benzene rings is 2. The highest BCUT2D eigenvalue weighted by Crippen LogP contribution is 2.15. The zero-order valence-electron chi connectivity index (χ0n) is 14.0. The van der Waals surface area contributed by atoms with E-state index in [0.717, 1.165) is 6.07 Å². The van der Waals surface area contributed by atoms with Gasteiger partial charge in [0.1, 0.15) is 5.82 Å². The van der Waals surface area contributed by atoms with E-state index in [4.69, 9.17) is 5.26 Å². The number of carbonyl (C=O) groups is 2. The molecule has 2 aromatic carbocycles. The molecule has 0 fully saturated rings. The lowest BCUT2D eigenvalue weighted by molar-refractivity contribution is 0.101. The van der Waals surface area contributed by atoms with Gasteiger partial charge in [-0.05, 0) is 38.1 Å². The number of hydrogen-bond acceptors (Lipinski definition) is 3. The monoisotopic (exact) mass is 339 g/mol. The first-order valence-electron chi connectivity index (χ1n) is 7.80. The summed E-state index contributed by atoms with van der Waals surface area (Å²) in [5.74, 6) is -0.619. The third kappa shape index (κ3) is 4.64. The van der Waals surface area contributed by atoms with Crippen molar-refractivity contribution in [3.05, 3.63) is 65.0 Å². The molecule has 0 aliphatic rings. The molecule has 1 N–H and O–H groups in total. The lowest BCUT2D eigenvalue weighted by Gasteiger charge is -2.22. The number of ketones is 1. The Bertz CT molecular complexity index is 843. The Kier molecular flexibility index (Phi) is 5.85. The number of nitriles is 1. The van der Waals surface area contributed by atoms with Gasteiger partial charge in [0.15, 0.2) is 5.78 Å². The van der Waals surface area contributed by atoms with Crippen molar-refractivity contribution >= 4 is 17.5 Å². The summed E-state index contributed by atoms with van der Waals surface area (Å²) in [4.78, 5) is 25.3. The van der Waals surface area contributed by atoms with Crippen molar-refractivity contribution in [2.24, 2.45) is 0 Å². The summed E-state index contributed by atoms with van der Waals surface area (Å²) in [6, 6.07) is 12.3. The van der Waals surface area contributed by atoms with E-state index in [1.54, 1.807) is 31.2 Å². The highest BCUT2D eigenvalue weighted by Gasteiger charge is 2.15. The first-order chi connectivity index (χ1) is 11.9. The first-order valence-corrected chi connectivity index (χ1v) is 7.80. The molecule has 0 aromatic heterocycles. The molecule has 0 saturated carbocycles. The van der Waals surface area contributed by atoms with Crippen LogP contribution < -0.4 is 5.32 Å². The average Bonchev–Trinajstić information content (AvgIpc) is 2.60. The molecule has 0 heterocycles. The summed E-state index contributed by atoms with van der Waals surface area (Å²) >= 11 is 0. The smallest absolute Gasteiger partial charge is 0.320 e. The summed E-state index contributed by atoms with van der Waals surface area (Å²) in [5.41, 5.74) is 1.55. The quantitative estimate of drug-likeness (QED) is 0.838. The Morgan fingerprint density at radius 1 is 1.24 bits per heavy atom. The summed E-state index contributed by atoms with van der Waals surface area (Å²) in [5, 5.41) is 11.5. The topological polar surface area (TPSA) is 73.2 Å². The maximum atomic E-state index is 14.0. The van der Waals surface area contributed by atoms with Crippen LogP contribution >= 0.6 is 0 Å². The SMILES string of the molecule is CCN(Cc1ccc(C#N)cc1F)C(=O)Nc1cccc(C(C)=O)c1. The third-order valence-electron chi connectivity index (χ3n) is 3.73. The zero-order chi connectivity index (χ0) is 18.4. The van der Waals surface area contributed by atoms with Crippen molar-refractivity contribution in [2.75, 3.05) is 11.9 Å². The minimum absolute atomic E-state index is 0.0757. The fourth-order valence-electron chi connectivity index (χ4n) is 2.30. The lowest BCUT2D eigenvalue weighted by Crippen LogP contribution is -2.34. The number of hydrogen-bond donors (Lipinski definition) is 1. The predicted molar refractivity (Wildman–Crippen MR) is 92.7 cm³/mol. The molecule has 0 saturated heterocycles. The van der Waals surface area contributed by atoms with Gasteiger partial charge in [-0.1, -0.05) is 18.2 Å². The fraction of sp³-hybridized carbons (Fsp3) is 0.211. The van der Waals surface area contributed by atoms with Crippen molar-refractivity contribution in [3.8, 4) is 6.07 Å². The minimum atomic E-state index is -0.524. The molecule has 2 aromatic rings. The number of carbonyl (C=O) groups excluding carboxylic acids is 2. The molecule has 0 bridgehead atoms. The van der Waals surface area contributed by atoms with Crippen LogP contribution in [0, 0.1) is 17.1 Å². The Hall–Kier alpha value is -3.20. The Morgan fingerprint density at radius 3 is 2.60 bits per heavy atom. The molecule has 25 heavy (non-hydrogen) atoms. The number of urea groups is 1. The number of nitrogens with zero attached hydrogens (tertiary/aromatic N) is 2. The van der Waals surface area contributed by atoms with Gasteiger partial charge in [-0.15, -0.1) is 0 Å². The van der Waals surface area contributed by atoms with E-state index >= 15 is 0 Å². The summed E-state index contributed by atoms with van der Waals surface area (Å²) in [6.45, 7) is 3.68. The molecule has 2 amide bonds. The molecular formula is C19H18FN3O2. The van der Waals surface area contributed by atoms with Crippen LogP contribution in [0.15, 0.2) is 42.5 Å². The van der Waals surface area contributed by atoms with Crippen LogP contribution in [0.1, 0.15) is 35.3 Å². The van der Waals surface area contributed by atoms with Gasteiger partial charge in [0.2, 0.25) is 0 Å². The van der Waals surface area contributed by atoms with Crippen LogP contribution in [0.4, 0.5) is 14.9 Å². The number of nitrogens with one attached hydrogen (secondary N) is 1. The van der Waals surface area contributed by atoms with E-state index in [-0.39, 0.29) is 17.9 Å². The molecule has 0 radical (unpaired) electrons. The standard InChI is InChI=1S/C19H18FN3O2/c1-3-23(12-16-8-7-14(11-21)9-18(16)20)19(25)22-17-6-4-5-15(10-17)13(2)24/h4-10H,3,12H2,1-2H3,(H,22,25). The molecule has 0 aliphatic heterocycles. The van der Waals surface area contributed by atoms with Crippen molar-refractivity contribution < 1.29 is 14.0 Å². The van der Waals surface area contributed by atoms with Crippen molar-refractivity contribution in [1.29, 1.82) is 5.26 Å². The highest BCUT2D eigenvalue weighted by atomic mass is 19.1. The first kappa shape index (κ1) is 18.1. The van der Waals surface area contributed by atoms with E-state index < -0.39 is 11.8 Å². The van der Waals surface area contributed by atoms with Gasteiger partial charge < -0.3 is 10.2 Å². The second-order valence-corrected chi connectivity index (χ2v) is 5.50. The van der Waals surface area contributed by atoms with Gasteiger partial charge in [0, 0.05) is 23.4 Å². The van der Waals surface area contributed by atoms with Crippen molar-refractivity contribution in [1.82, 2.24) is 4.90 Å². The number of amides is 2. The Balaban J connectivity index is 2.12. The van der Waals surface area contributed by atoms with E-state index in [1.165, 1.54) is 24.0 Å². The molecule has 128 valence electrons. The van der Waals surface area contributed by atoms with E-state index in [0.29, 0.717) is 23.4 Å².